The number of hydrogen-bond acceptors (Lipinski definition) is 2. The highest BCUT2D eigenvalue weighted by Gasteiger charge is 2.21. The van der Waals surface area contributed by atoms with Crippen molar-refractivity contribution in [3.63, 3.8) is 0 Å². The fourth-order valence-electron chi connectivity index (χ4n) is 6.59. The highest BCUT2D eigenvalue weighted by Crippen LogP contribution is 2.40. The van der Waals surface area contributed by atoms with Gasteiger partial charge < -0.3 is 4.57 Å². The van der Waals surface area contributed by atoms with Crippen LogP contribution in [0.2, 0.25) is 0 Å². The van der Waals surface area contributed by atoms with Gasteiger partial charge in [-0.05, 0) is 42.5 Å². The first kappa shape index (κ1) is 24.6. The number of para-hydroxylation sites is 3. The van der Waals surface area contributed by atoms with Crippen molar-refractivity contribution < 1.29 is 0 Å². The third-order valence-electron chi connectivity index (χ3n) is 8.52. The molecule has 0 unspecified atom stereocenters. The lowest BCUT2D eigenvalue weighted by atomic mass is 10.1. The van der Waals surface area contributed by atoms with E-state index in [2.05, 4.69) is 143 Å². The fourth-order valence-corrected chi connectivity index (χ4v) is 6.59. The van der Waals surface area contributed by atoms with E-state index < -0.39 is 0 Å². The van der Waals surface area contributed by atoms with Crippen molar-refractivity contribution in [3.8, 4) is 34.0 Å². The third-order valence-corrected chi connectivity index (χ3v) is 8.52. The van der Waals surface area contributed by atoms with Crippen molar-refractivity contribution in [1.29, 1.82) is 0 Å². The maximum atomic E-state index is 5.29. The Morgan fingerprint density at radius 1 is 0.386 bits per heavy atom. The van der Waals surface area contributed by atoms with E-state index in [1.54, 1.807) is 0 Å². The topological polar surface area (TPSA) is 35.6 Å². The van der Waals surface area contributed by atoms with Gasteiger partial charge in [-0.3, -0.25) is 4.57 Å². The molecule has 0 atom stereocenters. The molecule has 0 N–H and O–H groups in total. The van der Waals surface area contributed by atoms with Gasteiger partial charge in [-0.25, -0.2) is 9.97 Å². The molecule has 3 aromatic heterocycles. The Labute approximate surface area is 254 Å². The van der Waals surface area contributed by atoms with Crippen LogP contribution in [0.5, 0.6) is 0 Å². The minimum Gasteiger partial charge on any atom is -0.309 e. The maximum absolute atomic E-state index is 5.29. The molecule has 0 saturated carbocycles. The van der Waals surface area contributed by atoms with Crippen LogP contribution in [-0.2, 0) is 0 Å². The van der Waals surface area contributed by atoms with E-state index in [0.717, 1.165) is 50.1 Å². The Morgan fingerprint density at radius 2 is 0.955 bits per heavy atom. The lowest BCUT2D eigenvalue weighted by Crippen LogP contribution is -2.00. The molecule has 0 aliphatic heterocycles. The molecule has 3 heterocycles. The number of aromatic nitrogens is 4. The standard InChI is InChI=1S/C40H26N4/c1-4-14-27(15-5-1)38-37-32-21-11-13-23-35(32)44(40(37)42-39(41-38)28-16-6-2-7-17-28)30-24-25-36-33(26-30)31-20-10-12-22-34(31)43(36)29-18-8-3-9-19-29/h1-26H. The first-order chi connectivity index (χ1) is 21.8. The van der Waals surface area contributed by atoms with E-state index in [-0.39, 0.29) is 0 Å². The highest BCUT2D eigenvalue weighted by atomic mass is 15.1. The molecule has 9 aromatic rings. The molecular weight excluding hydrogens is 536 g/mol. The zero-order valence-electron chi connectivity index (χ0n) is 23.8. The van der Waals surface area contributed by atoms with E-state index in [1.165, 1.54) is 21.8 Å². The molecule has 6 aromatic carbocycles. The summed E-state index contributed by atoms with van der Waals surface area (Å²) in [5.41, 5.74) is 9.57. The summed E-state index contributed by atoms with van der Waals surface area (Å²) in [7, 11) is 0. The van der Waals surface area contributed by atoms with Crippen molar-refractivity contribution >= 4 is 43.7 Å². The van der Waals surface area contributed by atoms with Gasteiger partial charge in [0.25, 0.3) is 0 Å². The molecule has 0 radical (unpaired) electrons. The number of nitrogens with zero attached hydrogens (tertiary/aromatic N) is 4. The molecule has 0 fully saturated rings. The van der Waals surface area contributed by atoms with Gasteiger partial charge in [0.2, 0.25) is 0 Å². The van der Waals surface area contributed by atoms with Gasteiger partial charge in [-0.1, -0.05) is 115 Å². The van der Waals surface area contributed by atoms with Crippen LogP contribution >= 0.6 is 0 Å². The van der Waals surface area contributed by atoms with E-state index in [1.807, 2.05) is 24.3 Å². The number of rotatable bonds is 4. The van der Waals surface area contributed by atoms with Gasteiger partial charge in [-0.2, -0.15) is 0 Å². The number of fused-ring (bicyclic) bond motifs is 6. The summed E-state index contributed by atoms with van der Waals surface area (Å²) in [5, 5.41) is 4.61. The average molecular weight is 563 g/mol. The Hall–Kier alpha value is -6.00. The molecule has 9 rings (SSSR count). The highest BCUT2D eigenvalue weighted by molar-refractivity contribution is 6.15. The molecule has 0 amide bonds. The van der Waals surface area contributed by atoms with Gasteiger partial charge in [0.15, 0.2) is 5.82 Å². The first-order valence-corrected chi connectivity index (χ1v) is 14.9. The monoisotopic (exact) mass is 562 g/mol. The lowest BCUT2D eigenvalue weighted by Gasteiger charge is -2.11. The second kappa shape index (κ2) is 9.79. The second-order valence-electron chi connectivity index (χ2n) is 11.1. The minimum absolute atomic E-state index is 0.711. The molecular formula is C40H26N4. The quantitative estimate of drug-likeness (QED) is 0.214. The summed E-state index contributed by atoms with van der Waals surface area (Å²) in [4.78, 5) is 10.5. The smallest absolute Gasteiger partial charge is 0.162 e. The van der Waals surface area contributed by atoms with Crippen LogP contribution in [0.25, 0.3) is 77.8 Å². The van der Waals surface area contributed by atoms with Gasteiger partial charge in [0.05, 0.1) is 27.6 Å². The average Bonchev–Trinajstić information content (AvgIpc) is 3.61. The SMILES string of the molecule is c1ccc(-c2nc(-c3ccccc3)c3c4ccccc4n(-c4ccc5c(c4)c4ccccc4n5-c4ccccc4)c3n2)cc1. The molecule has 206 valence electrons. The minimum atomic E-state index is 0.711. The first-order valence-electron chi connectivity index (χ1n) is 14.9. The van der Waals surface area contributed by atoms with Crippen LogP contribution in [0.3, 0.4) is 0 Å². The zero-order valence-corrected chi connectivity index (χ0v) is 23.8. The zero-order chi connectivity index (χ0) is 29.0. The van der Waals surface area contributed by atoms with Crippen LogP contribution in [0.1, 0.15) is 0 Å². The van der Waals surface area contributed by atoms with Crippen molar-refractivity contribution in [2.24, 2.45) is 0 Å². The van der Waals surface area contributed by atoms with E-state index in [4.69, 9.17) is 9.97 Å². The van der Waals surface area contributed by atoms with E-state index >= 15 is 0 Å². The summed E-state index contributed by atoms with van der Waals surface area (Å²) in [5.74, 6) is 0.711. The predicted molar refractivity (Wildman–Crippen MR) is 182 cm³/mol. The molecule has 0 spiro atoms. The van der Waals surface area contributed by atoms with Gasteiger partial charge in [0, 0.05) is 38.7 Å². The summed E-state index contributed by atoms with van der Waals surface area (Å²) >= 11 is 0. The third kappa shape index (κ3) is 3.71. The van der Waals surface area contributed by atoms with Crippen LogP contribution in [0.4, 0.5) is 0 Å². The molecule has 0 aliphatic rings. The lowest BCUT2D eigenvalue weighted by molar-refractivity contribution is 1.11. The maximum Gasteiger partial charge on any atom is 0.162 e. The molecule has 0 bridgehead atoms. The van der Waals surface area contributed by atoms with Crippen molar-refractivity contribution in [3.05, 3.63) is 158 Å². The Morgan fingerprint density at radius 3 is 1.68 bits per heavy atom. The van der Waals surface area contributed by atoms with Crippen LogP contribution in [0, 0.1) is 0 Å². The summed E-state index contributed by atoms with van der Waals surface area (Å²) in [6, 6.07) is 55.3. The Kier molecular flexibility index (Phi) is 5.47. The van der Waals surface area contributed by atoms with Gasteiger partial charge >= 0.3 is 0 Å². The van der Waals surface area contributed by atoms with Gasteiger partial charge in [0.1, 0.15) is 5.65 Å². The largest absolute Gasteiger partial charge is 0.309 e. The van der Waals surface area contributed by atoms with Crippen LogP contribution < -0.4 is 0 Å². The second-order valence-corrected chi connectivity index (χ2v) is 11.1. The van der Waals surface area contributed by atoms with E-state index in [0.29, 0.717) is 5.82 Å². The Balaban J connectivity index is 1.39. The molecule has 44 heavy (non-hydrogen) atoms. The summed E-state index contributed by atoms with van der Waals surface area (Å²) in [6.07, 6.45) is 0. The van der Waals surface area contributed by atoms with E-state index in [9.17, 15) is 0 Å². The molecule has 0 aliphatic carbocycles. The molecule has 0 saturated heterocycles. The van der Waals surface area contributed by atoms with Crippen LogP contribution in [-0.4, -0.2) is 19.1 Å². The van der Waals surface area contributed by atoms with Crippen LogP contribution in [0.15, 0.2) is 158 Å². The Bertz CT molecular complexity index is 2470. The fraction of sp³-hybridized carbons (Fsp3) is 0. The summed E-state index contributed by atoms with van der Waals surface area (Å²) < 4.78 is 4.66. The number of benzene rings is 6. The van der Waals surface area contributed by atoms with Crippen molar-refractivity contribution in [2.75, 3.05) is 0 Å². The molecule has 4 heteroatoms. The molecule has 4 nitrogen and oxygen atoms in total. The predicted octanol–water partition coefficient (Wildman–Crippen LogP) is 10.0. The normalized spacial score (nSPS) is 11.6. The van der Waals surface area contributed by atoms with Gasteiger partial charge in [-0.15, -0.1) is 0 Å². The van der Waals surface area contributed by atoms with Crippen molar-refractivity contribution in [2.45, 2.75) is 0 Å². The summed E-state index contributed by atoms with van der Waals surface area (Å²) in [6.45, 7) is 0. The van der Waals surface area contributed by atoms with Crippen molar-refractivity contribution in [1.82, 2.24) is 19.1 Å². The number of hydrogen-bond donors (Lipinski definition) is 0.